The van der Waals surface area contributed by atoms with E-state index in [9.17, 15) is 4.79 Å². The Balaban J connectivity index is 2.46. The number of rotatable bonds is 3. The van der Waals surface area contributed by atoms with Crippen LogP contribution in [0.15, 0.2) is 18.6 Å². The van der Waals surface area contributed by atoms with E-state index in [4.69, 9.17) is 5.11 Å². The van der Waals surface area contributed by atoms with E-state index < -0.39 is 5.97 Å². The van der Waals surface area contributed by atoms with Gasteiger partial charge in [0.05, 0.1) is 12.6 Å². The summed E-state index contributed by atoms with van der Waals surface area (Å²) in [6.45, 7) is 4.15. The standard InChI is InChI=1S/C11H13N3O2/c1-7(2)9-4-12-11-8(3-10(15)16)5-13-14(11)6-9/h4-7H,3H2,1-2H3,(H,15,16). The largest absolute Gasteiger partial charge is 0.481 e. The molecule has 0 aliphatic heterocycles. The van der Waals surface area contributed by atoms with Crippen LogP contribution in [0.4, 0.5) is 0 Å². The van der Waals surface area contributed by atoms with Crippen molar-refractivity contribution in [2.24, 2.45) is 0 Å². The smallest absolute Gasteiger partial charge is 0.308 e. The van der Waals surface area contributed by atoms with Gasteiger partial charge in [0.15, 0.2) is 5.65 Å². The molecule has 0 amide bonds. The van der Waals surface area contributed by atoms with Crippen molar-refractivity contribution in [3.8, 4) is 0 Å². The highest BCUT2D eigenvalue weighted by molar-refractivity contribution is 5.72. The van der Waals surface area contributed by atoms with Gasteiger partial charge < -0.3 is 5.11 Å². The number of fused-ring (bicyclic) bond motifs is 1. The van der Waals surface area contributed by atoms with E-state index in [-0.39, 0.29) is 6.42 Å². The van der Waals surface area contributed by atoms with Gasteiger partial charge in [-0.15, -0.1) is 0 Å². The van der Waals surface area contributed by atoms with Gasteiger partial charge in [-0.05, 0) is 11.5 Å². The minimum atomic E-state index is -0.871. The summed E-state index contributed by atoms with van der Waals surface area (Å²) in [5.41, 5.74) is 2.34. The number of hydrogen-bond acceptors (Lipinski definition) is 3. The van der Waals surface area contributed by atoms with Crippen LogP contribution in [0, 0.1) is 0 Å². The fourth-order valence-corrected chi connectivity index (χ4v) is 1.52. The van der Waals surface area contributed by atoms with E-state index in [1.807, 2.05) is 6.20 Å². The predicted molar refractivity (Wildman–Crippen MR) is 58.4 cm³/mol. The third kappa shape index (κ3) is 1.88. The topological polar surface area (TPSA) is 67.5 Å². The quantitative estimate of drug-likeness (QED) is 0.849. The zero-order chi connectivity index (χ0) is 11.7. The van der Waals surface area contributed by atoms with Crippen LogP contribution in [0.3, 0.4) is 0 Å². The highest BCUT2D eigenvalue weighted by Gasteiger charge is 2.10. The van der Waals surface area contributed by atoms with Crippen LogP contribution in [0.2, 0.25) is 0 Å². The SMILES string of the molecule is CC(C)c1cnc2c(CC(=O)O)cnn2c1. The fourth-order valence-electron chi connectivity index (χ4n) is 1.52. The molecule has 2 rings (SSSR count). The minimum Gasteiger partial charge on any atom is -0.481 e. The molecular weight excluding hydrogens is 206 g/mol. The molecule has 0 aromatic carbocycles. The summed E-state index contributed by atoms with van der Waals surface area (Å²) in [6, 6.07) is 0. The van der Waals surface area contributed by atoms with E-state index in [2.05, 4.69) is 23.9 Å². The molecule has 84 valence electrons. The Bertz CT molecular complexity index is 531. The van der Waals surface area contributed by atoms with Crippen molar-refractivity contribution in [1.29, 1.82) is 0 Å². The van der Waals surface area contributed by atoms with E-state index in [0.29, 0.717) is 17.1 Å². The third-order valence-corrected chi connectivity index (χ3v) is 2.46. The van der Waals surface area contributed by atoms with Gasteiger partial charge in [-0.25, -0.2) is 9.50 Å². The molecule has 0 fully saturated rings. The molecule has 16 heavy (non-hydrogen) atoms. The summed E-state index contributed by atoms with van der Waals surface area (Å²) in [7, 11) is 0. The Labute approximate surface area is 92.7 Å². The number of carbonyl (C=O) groups is 1. The van der Waals surface area contributed by atoms with Crippen LogP contribution in [0.25, 0.3) is 5.65 Å². The first-order chi connectivity index (χ1) is 7.58. The molecule has 5 nitrogen and oxygen atoms in total. The molecule has 0 saturated heterocycles. The van der Waals surface area contributed by atoms with Crippen LogP contribution < -0.4 is 0 Å². The monoisotopic (exact) mass is 219 g/mol. The Morgan fingerprint density at radius 3 is 2.88 bits per heavy atom. The number of aliphatic carboxylic acids is 1. The van der Waals surface area contributed by atoms with Crippen LogP contribution >= 0.6 is 0 Å². The summed E-state index contributed by atoms with van der Waals surface area (Å²) in [5.74, 6) is -0.492. The molecule has 1 N–H and O–H groups in total. The lowest BCUT2D eigenvalue weighted by atomic mass is 10.1. The zero-order valence-electron chi connectivity index (χ0n) is 9.21. The Morgan fingerprint density at radius 2 is 2.25 bits per heavy atom. The second-order valence-electron chi connectivity index (χ2n) is 4.05. The van der Waals surface area contributed by atoms with Gasteiger partial charge in [0.1, 0.15) is 0 Å². The second-order valence-corrected chi connectivity index (χ2v) is 4.05. The molecule has 2 aromatic rings. The molecule has 0 aliphatic rings. The van der Waals surface area contributed by atoms with Crippen molar-refractivity contribution in [1.82, 2.24) is 14.6 Å². The van der Waals surface area contributed by atoms with E-state index in [1.165, 1.54) is 0 Å². The highest BCUT2D eigenvalue weighted by Crippen LogP contribution is 2.15. The van der Waals surface area contributed by atoms with Crippen molar-refractivity contribution in [2.45, 2.75) is 26.2 Å². The van der Waals surface area contributed by atoms with Crippen molar-refractivity contribution in [3.63, 3.8) is 0 Å². The average Bonchev–Trinajstić information content (AvgIpc) is 2.60. The van der Waals surface area contributed by atoms with Gasteiger partial charge in [-0.1, -0.05) is 13.8 Å². The molecule has 5 heteroatoms. The number of carboxylic acid groups (broad SMARTS) is 1. The van der Waals surface area contributed by atoms with Gasteiger partial charge in [0, 0.05) is 18.0 Å². The number of aromatic nitrogens is 3. The Hall–Kier alpha value is -1.91. The van der Waals surface area contributed by atoms with Crippen LogP contribution in [0.1, 0.15) is 30.9 Å². The summed E-state index contributed by atoms with van der Waals surface area (Å²) in [4.78, 5) is 14.9. The zero-order valence-corrected chi connectivity index (χ0v) is 9.21. The van der Waals surface area contributed by atoms with E-state index >= 15 is 0 Å². The Kier molecular flexibility index (Phi) is 2.60. The van der Waals surface area contributed by atoms with Gasteiger partial charge in [-0.2, -0.15) is 5.10 Å². The van der Waals surface area contributed by atoms with Gasteiger partial charge >= 0.3 is 5.97 Å². The van der Waals surface area contributed by atoms with Crippen LogP contribution in [-0.4, -0.2) is 25.7 Å². The second kappa shape index (κ2) is 3.92. The minimum absolute atomic E-state index is 0.0441. The van der Waals surface area contributed by atoms with Crippen molar-refractivity contribution >= 4 is 11.6 Å². The maximum atomic E-state index is 10.6. The van der Waals surface area contributed by atoms with Gasteiger partial charge in [0.2, 0.25) is 0 Å². The number of nitrogens with zero attached hydrogens (tertiary/aromatic N) is 3. The molecule has 2 aromatic heterocycles. The first-order valence-electron chi connectivity index (χ1n) is 5.12. The van der Waals surface area contributed by atoms with Gasteiger partial charge in [-0.3, -0.25) is 4.79 Å². The molecule has 0 bridgehead atoms. The maximum Gasteiger partial charge on any atom is 0.308 e. The lowest BCUT2D eigenvalue weighted by Crippen LogP contribution is -2.01. The lowest BCUT2D eigenvalue weighted by Gasteiger charge is -2.04. The number of hydrogen-bond donors (Lipinski definition) is 1. The first-order valence-corrected chi connectivity index (χ1v) is 5.12. The molecule has 0 radical (unpaired) electrons. The molecule has 0 spiro atoms. The fraction of sp³-hybridized carbons (Fsp3) is 0.364. The highest BCUT2D eigenvalue weighted by atomic mass is 16.4. The molecule has 0 saturated carbocycles. The lowest BCUT2D eigenvalue weighted by molar-refractivity contribution is -0.136. The summed E-state index contributed by atoms with van der Waals surface area (Å²) >= 11 is 0. The summed E-state index contributed by atoms with van der Waals surface area (Å²) in [5, 5.41) is 12.8. The van der Waals surface area contributed by atoms with Crippen molar-refractivity contribution < 1.29 is 9.90 Å². The normalized spacial score (nSPS) is 11.2. The van der Waals surface area contributed by atoms with E-state index in [1.54, 1.807) is 16.9 Å². The predicted octanol–water partition coefficient (Wildman–Crippen LogP) is 1.48. The van der Waals surface area contributed by atoms with Crippen molar-refractivity contribution in [2.75, 3.05) is 0 Å². The molecule has 0 atom stereocenters. The molecular formula is C11H13N3O2. The van der Waals surface area contributed by atoms with Gasteiger partial charge in [0.25, 0.3) is 0 Å². The summed E-state index contributed by atoms with van der Waals surface area (Å²) < 4.78 is 1.63. The van der Waals surface area contributed by atoms with Crippen LogP contribution in [-0.2, 0) is 11.2 Å². The van der Waals surface area contributed by atoms with Crippen molar-refractivity contribution in [3.05, 3.63) is 29.7 Å². The number of carboxylic acids is 1. The third-order valence-electron chi connectivity index (χ3n) is 2.46. The average molecular weight is 219 g/mol. The summed E-state index contributed by atoms with van der Waals surface area (Å²) in [6.07, 6.45) is 5.17. The maximum absolute atomic E-state index is 10.6. The Morgan fingerprint density at radius 1 is 1.50 bits per heavy atom. The molecule has 2 heterocycles. The first kappa shape index (κ1) is 10.6. The van der Waals surface area contributed by atoms with Crippen LogP contribution in [0.5, 0.6) is 0 Å². The molecule has 0 aliphatic carbocycles. The molecule has 0 unspecified atom stereocenters. The van der Waals surface area contributed by atoms with E-state index in [0.717, 1.165) is 5.56 Å².